The molecule has 7 heteroatoms. The van der Waals surface area contributed by atoms with Gasteiger partial charge in [0, 0.05) is 11.2 Å². The van der Waals surface area contributed by atoms with Crippen molar-refractivity contribution in [3.63, 3.8) is 0 Å². The van der Waals surface area contributed by atoms with Gasteiger partial charge >= 0.3 is 6.01 Å². The topological polar surface area (TPSA) is 93.6 Å². The second-order valence-electron chi connectivity index (χ2n) is 3.62. The minimum Gasteiger partial charge on any atom is -0.459 e. The van der Waals surface area contributed by atoms with Crippen molar-refractivity contribution in [2.75, 3.05) is 0 Å². The molecule has 1 heterocycles. The lowest BCUT2D eigenvalue weighted by Crippen LogP contribution is -2.15. The fourth-order valence-corrected chi connectivity index (χ4v) is 1.46. The van der Waals surface area contributed by atoms with Gasteiger partial charge in [-0.3, -0.25) is 0 Å². The third kappa shape index (κ3) is 3.56. The number of aromatic nitrogens is 2. The Morgan fingerprint density at radius 2 is 2.05 bits per heavy atom. The Labute approximate surface area is 114 Å². The average Bonchev–Trinajstić information content (AvgIpc) is 2.46. The van der Waals surface area contributed by atoms with Crippen molar-refractivity contribution in [3.8, 4) is 6.01 Å². The van der Waals surface area contributed by atoms with Crippen molar-refractivity contribution in [2.45, 2.75) is 6.61 Å². The zero-order valence-corrected chi connectivity index (χ0v) is 10.6. The van der Waals surface area contributed by atoms with Gasteiger partial charge in [-0.15, -0.1) is 0 Å². The third-order valence-corrected chi connectivity index (χ3v) is 2.54. The Balaban J connectivity index is 2.05. The van der Waals surface area contributed by atoms with Gasteiger partial charge in [-0.25, -0.2) is 4.98 Å². The lowest BCUT2D eigenvalue weighted by atomic mass is 10.2. The molecular weight excluding hydrogens is 268 g/mol. The van der Waals surface area contributed by atoms with E-state index in [9.17, 15) is 0 Å². The molecule has 1 aromatic heterocycles. The fraction of sp³-hybridized carbons (Fsp3) is 0.0833. The Bertz CT molecular complexity index is 587. The first-order chi connectivity index (χ1) is 9.19. The summed E-state index contributed by atoms with van der Waals surface area (Å²) in [6.45, 7) is 0.302. The highest BCUT2D eigenvalue weighted by Crippen LogP contribution is 2.11. The zero-order chi connectivity index (χ0) is 13.7. The monoisotopic (exact) mass is 278 g/mol. The number of ether oxygens (including phenoxy) is 1. The molecule has 19 heavy (non-hydrogen) atoms. The number of halogens is 1. The lowest BCUT2D eigenvalue weighted by molar-refractivity contribution is 0.280. The highest BCUT2D eigenvalue weighted by Gasteiger charge is 2.04. The summed E-state index contributed by atoms with van der Waals surface area (Å²) in [6.07, 6.45) is 1.47. The molecule has 0 aliphatic heterocycles. The van der Waals surface area contributed by atoms with Crippen LogP contribution in [0.3, 0.4) is 0 Å². The van der Waals surface area contributed by atoms with E-state index in [1.165, 1.54) is 12.3 Å². The Morgan fingerprint density at radius 3 is 2.74 bits per heavy atom. The molecule has 98 valence electrons. The lowest BCUT2D eigenvalue weighted by Gasteiger charge is -2.05. The van der Waals surface area contributed by atoms with Crippen molar-refractivity contribution in [3.05, 3.63) is 52.8 Å². The van der Waals surface area contributed by atoms with Crippen LogP contribution in [0.1, 0.15) is 11.3 Å². The molecule has 0 fully saturated rings. The molecule has 3 N–H and O–H groups in total. The summed E-state index contributed by atoms with van der Waals surface area (Å²) in [5.74, 6) is -0.0984. The number of hydrogen-bond acceptors (Lipinski definition) is 5. The molecule has 2 rings (SSSR count). The standard InChI is InChI=1S/C12H11ClN4O2/c13-9-3-1-8(2-4-9)7-19-12-15-6-5-10(16-12)11(14)17-18/h1-6,18H,7H2,(H2,14,17). The van der Waals surface area contributed by atoms with E-state index < -0.39 is 0 Å². The predicted molar refractivity (Wildman–Crippen MR) is 70.3 cm³/mol. The van der Waals surface area contributed by atoms with Gasteiger partial charge in [0.15, 0.2) is 5.84 Å². The summed E-state index contributed by atoms with van der Waals surface area (Å²) in [7, 11) is 0. The number of amidine groups is 1. The molecule has 0 unspecified atom stereocenters. The van der Waals surface area contributed by atoms with Crippen molar-refractivity contribution in [1.29, 1.82) is 0 Å². The van der Waals surface area contributed by atoms with Gasteiger partial charge < -0.3 is 15.7 Å². The summed E-state index contributed by atoms with van der Waals surface area (Å²) < 4.78 is 5.41. The maximum atomic E-state index is 8.56. The first-order valence-corrected chi connectivity index (χ1v) is 5.75. The summed E-state index contributed by atoms with van der Waals surface area (Å²) in [4.78, 5) is 7.94. The van der Waals surface area contributed by atoms with Crippen LogP contribution in [0.2, 0.25) is 5.02 Å². The minimum atomic E-state index is -0.0984. The van der Waals surface area contributed by atoms with E-state index in [1.807, 2.05) is 12.1 Å². The molecule has 6 nitrogen and oxygen atoms in total. The second kappa shape index (κ2) is 6.01. The molecule has 2 aromatic rings. The first kappa shape index (κ1) is 13.1. The quantitative estimate of drug-likeness (QED) is 0.385. The second-order valence-corrected chi connectivity index (χ2v) is 4.06. The summed E-state index contributed by atoms with van der Waals surface area (Å²) in [5.41, 5.74) is 6.65. The Kier molecular flexibility index (Phi) is 4.15. The smallest absolute Gasteiger partial charge is 0.317 e. The Hall–Kier alpha value is -2.34. The molecule has 0 spiro atoms. The SMILES string of the molecule is N/C(=N/O)c1ccnc(OCc2ccc(Cl)cc2)n1. The molecule has 0 radical (unpaired) electrons. The predicted octanol–water partition coefficient (Wildman–Crippen LogP) is 1.80. The first-order valence-electron chi connectivity index (χ1n) is 5.37. The molecule has 0 saturated heterocycles. The molecule has 0 saturated carbocycles. The highest BCUT2D eigenvalue weighted by atomic mass is 35.5. The van der Waals surface area contributed by atoms with Crippen LogP contribution in [0.15, 0.2) is 41.7 Å². The van der Waals surface area contributed by atoms with Gasteiger partial charge in [0.05, 0.1) is 0 Å². The van der Waals surface area contributed by atoms with Crippen molar-refractivity contribution < 1.29 is 9.94 Å². The summed E-state index contributed by atoms with van der Waals surface area (Å²) >= 11 is 5.78. The number of hydrogen-bond donors (Lipinski definition) is 2. The molecule has 0 amide bonds. The zero-order valence-electron chi connectivity index (χ0n) is 9.82. The Morgan fingerprint density at radius 1 is 1.32 bits per heavy atom. The fourth-order valence-electron chi connectivity index (χ4n) is 1.33. The van der Waals surface area contributed by atoms with Crippen molar-refractivity contribution >= 4 is 17.4 Å². The van der Waals surface area contributed by atoms with E-state index in [1.54, 1.807) is 12.1 Å². The third-order valence-electron chi connectivity index (χ3n) is 2.28. The average molecular weight is 279 g/mol. The van der Waals surface area contributed by atoms with E-state index in [0.29, 0.717) is 17.3 Å². The van der Waals surface area contributed by atoms with Crippen LogP contribution in [0.4, 0.5) is 0 Å². The largest absolute Gasteiger partial charge is 0.459 e. The van der Waals surface area contributed by atoms with Crippen LogP contribution in [0.5, 0.6) is 6.01 Å². The molecule has 0 aliphatic rings. The van der Waals surface area contributed by atoms with Gasteiger partial charge in [0.25, 0.3) is 0 Å². The minimum absolute atomic E-state index is 0.0984. The van der Waals surface area contributed by atoms with Gasteiger partial charge in [0.2, 0.25) is 0 Å². The number of nitrogens with zero attached hydrogens (tertiary/aromatic N) is 3. The number of rotatable bonds is 4. The van der Waals surface area contributed by atoms with Gasteiger partial charge in [-0.2, -0.15) is 4.98 Å². The molecule has 0 atom stereocenters. The van der Waals surface area contributed by atoms with E-state index in [0.717, 1.165) is 5.56 Å². The molecular formula is C12H11ClN4O2. The van der Waals surface area contributed by atoms with E-state index in [-0.39, 0.29) is 11.8 Å². The van der Waals surface area contributed by atoms with Gasteiger partial charge in [-0.05, 0) is 23.8 Å². The van der Waals surface area contributed by atoms with E-state index >= 15 is 0 Å². The van der Waals surface area contributed by atoms with Crippen LogP contribution in [0, 0.1) is 0 Å². The highest BCUT2D eigenvalue weighted by molar-refractivity contribution is 6.30. The van der Waals surface area contributed by atoms with E-state index in [2.05, 4.69) is 15.1 Å². The van der Waals surface area contributed by atoms with Crippen LogP contribution < -0.4 is 10.5 Å². The van der Waals surface area contributed by atoms with Gasteiger partial charge in [0.1, 0.15) is 12.3 Å². The van der Waals surface area contributed by atoms with Crippen LogP contribution >= 0.6 is 11.6 Å². The van der Waals surface area contributed by atoms with Crippen LogP contribution in [-0.4, -0.2) is 21.0 Å². The van der Waals surface area contributed by atoms with Crippen LogP contribution in [0.25, 0.3) is 0 Å². The maximum absolute atomic E-state index is 8.56. The number of benzene rings is 1. The van der Waals surface area contributed by atoms with Crippen LogP contribution in [-0.2, 0) is 6.61 Å². The molecule has 1 aromatic carbocycles. The van der Waals surface area contributed by atoms with E-state index in [4.69, 9.17) is 27.3 Å². The summed E-state index contributed by atoms with van der Waals surface area (Å²) in [5, 5.41) is 12.1. The summed E-state index contributed by atoms with van der Waals surface area (Å²) in [6, 6.07) is 8.90. The van der Waals surface area contributed by atoms with Crippen molar-refractivity contribution in [2.24, 2.45) is 10.9 Å². The number of nitrogens with two attached hydrogens (primary N) is 1. The van der Waals surface area contributed by atoms with Gasteiger partial charge in [-0.1, -0.05) is 28.9 Å². The number of oxime groups is 1. The normalized spacial score (nSPS) is 11.3. The molecule has 0 bridgehead atoms. The maximum Gasteiger partial charge on any atom is 0.317 e. The molecule has 0 aliphatic carbocycles. The van der Waals surface area contributed by atoms with Crippen molar-refractivity contribution in [1.82, 2.24) is 9.97 Å².